The number of piperidine rings is 1. The molecule has 7 heteroatoms. The van der Waals surface area contributed by atoms with Crippen LogP contribution in [0.2, 0.25) is 0 Å². The maximum absolute atomic E-state index is 12.8. The van der Waals surface area contributed by atoms with Gasteiger partial charge in [0.05, 0.1) is 11.3 Å². The van der Waals surface area contributed by atoms with Crippen LogP contribution >= 0.6 is 0 Å². The van der Waals surface area contributed by atoms with E-state index in [4.69, 9.17) is 4.74 Å². The van der Waals surface area contributed by atoms with Crippen molar-refractivity contribution in [2.24, 2.45) is 7.05 Å². The molecule has 0 saturated carbocycles. The Labute approximate surface area is 148 Å². The zero-order chi connectivity index (χ0) is 18.1. The minimum Gasteiger partial charge on any atom is -0.474 e. The van der Waals surface area contributed by atoms with Crippen molar-refractivity contribution in [1.29, 1.82) is 0 Å². The van der Waals surface area contributed by atoms with Gasteiger partial charge in [-0.25, -0.2) is 4.98 Å². The van der Waals surface area contributed by atoms with Crippen LogP contribution in [-0.2, 0) is 7.05 Å². The van der Waals surface area contributed by atoms with Crippen molar-refractivity contribution in [3.8, 4) is 5.88 Å². The van der Waals surface area contributed by atoms with Crippen LogP contribution in [0.4, 0.5) is 0 Å². The summed E-state index contributed by atoms with van der Waals surface area (Å²) in [6, 6.07) is 1.85. The normalized spacial score (nSPS) is 15.5. The summed E-state index contributed by atoms with van der Waals surface area (Å²) in [5, 5.41) is 4.34. The molecule has 3 heterocycles. The molecule has 1 aliphatic rings. The van der Waals surface area contributed by atoms with Gasteiger partial charge in [-0.15, -0.1) is 0 Å². The van der Waals surface area contributed by atoms with E-state index in [1.807, 2.05) is 45.7 Å². The fraction of sp³-hybridized carbons (Fsp3) is 0.556. The van der Waals surface area contributed by atoms with Gasteiger partial charge < -0.3 is 9.64 Å². The Bertz CT molecular complexity index is 771. The Hall–Kier alpha value is -2.44. The molecular formula is C18H25N5O2. The molecular weight excluding hydrogens is 318 g/mol. The molecule has 0 radical (unpaired) electrons. The third-order valence-corrected chi connectivity index (χ3v) is 4.68. The van der Waals surface area contributed by atoms with Gasteiger partial charge in [0.1, 0.15) is 11.9 Å². The molecule has 0 spiro atoms. The molecule has 0 bridgehead atoms. The molecule has 2 aromatic rings. The summed E-state index contributed by atoms with van der Waals surface area (Å²) in [6.45, 7) is 8.97. The molecule has 1 saturated heterocycles. The Morgan fingerprint density at radius 3 is 2.40 bits per heavy atom. The first-order valence-electron chi connectivity index (χ1n) is 8.63. The molecule has 2 aromatic heterocycles. The molecule has 0 aliphatic carbocycles. The standard InChI is InChI=1S/C18H25N5O2/c1-11-10-16(20-14(4)19-11)25-15-6-8-23(9-7-15)18(24)17-12(2)21-22(5)13(17)3/h10,15H,6-9H2,1-5H3. The quantitative estimate of drug-likeness (QED) is 0.853. The van der Waals surface area contributed by atoms with E-state index in [9.17, 15) is 4.79 Å². The van der Waals surface area contributed by atoms with E-state index in [2.05, 4.69) is 15.1 Å². The lowest BCUT2D eigenvalue weighted by Crippen LogP contribution is -2.42. The summed E-state index contributed by atoms with van der Waals surface area (Å²) in [7, 11) is 1.87. The summed E-state index contributed by atoms with van der Waals surface area (Å²) < 4.78 is 7.76. The predicted octanol–water partition coefficient (Wildman–Crippen LogP) is 2.13. The average molecular weight is 343 g/mol. The van der Waals surface area contributed by atoms with Crippen molar-refractivity contribution in [2.45, 2.75) is 46.6 Å². The number of amides is 1. The van der Waals surface area contributed by atoms with Crippen LogP contribution in [0.3, 0.4) is 0 Å². The van der Waals surface area contributed by atoms with Crippen molar-refractivity contribution in [1.82, 2.24) is 24.6 Å². The van der Waals surface area contributed by atoms with Gasteiger partial charge in [-0.2, -0.15) is 10.1 Å². The summed E-state index contributed by atoms with van der Waals surface area (Å²) in [6.07, 6.45) is 1.67. The van der Waals surface area contributed by atoms with E-state index >= 15 is 0 Å². The Balaban J connectivity index is 1.62. The van der Waals surface area contributed by atoms with Gasteiger partial charge in [0.15, 0.2) is 0 Å². The second-order valence-electron chi connectivity index (χ2n) is 6.67. The highest BCUT2D eigenvalue weighted by molar-refractivity contribution is 5.96. The van der Waals surface area contributed by atoms with E-state index in [0.717, 1.165) is 35.5 Å². The number of nitrogens with zero attached hydrogens (tertiary/aromatic N) is 5. The summed E-state index contributed by atoms with van der Waals surface area (Å²) in [5.74, 6) is 1.40. The smallest absolute Gasteiger partial charge is 0.257 e. The van der Waals surface area contributed by atoms with E-state index in [1.54, 1.807) is 4.68 Å². The van der Waals surface area contributed by atoms with Crippen LogP contribution in [0.5, 0.6) is 5.88 Å². The molecule has 25 heavy (non-hydrogen) atoms. The molecule has 3 rings (SSSR count). The number of hydrogen-bond donors (Lipinski definition) is 0. The number of ether oxygens (including phenoxy) is 1. The zero-order valence-electron chi connectivity index (χ0n) is 15.5. The first-order chi connectivity index (χ1) is 11.8. The average Bonchev–Trinajstić information content (AvgIpc) is 2.79. The van der Waals surface area contributed by atoms with Gasteiger partial charge in [0, 0.05) is 50.4 Å². The van der Waals surface area contributed by atoms with Crippen LogP contribution in [-0.4, -0.2) is 49.7 Å². The fourth-order valence-electron chi connectivity index (χ4n) is 3.33. The molecule has 7 nitrogen and oxygen atoms in total. The highest BCUT2D eigenvalue weighted by Crippen LogP contribution is 2.21. The Morgan fingerprint density at radius 1 is 1.16 bits per heavy atom. The highest BCUT2D eigenvalue weighted by atomic mass is 16.5. The molecule has 1 aliphatic heterocycles. The van der Waals surface area contributed by atoms with Crippen molar-refractivity contribution < 1.29 is 9.53 Å². The second kappa shape index (κ2) is 6.82. The molecule has 0 aromatic carbocycles. The molecule has 0 N–H and O–H groups in total. The van der Waals surface area contributed by atoms with Gasteiger partial charge in [-0.3, -0.25) is 9.48 Å². The van der Waals surface area contributed by atoms with E-state index in [-0.39, 0.29) is 12.0 Å². The van der Waals surface area contributed by atoms with Crippen molar-refractivity contribution in [3.63, 3.8) is 0 Å². The maximum Gasteiger partial charge on any atom is 0.257 e. The van der Waals surface area contributed by atoms with Gasteiger partial charge in [-0.05, 0) is 27.7 Å². The third kappa shape index (κ3) is 3.65. The number of likely N-dealkylation sites (tertiary alicyclic amines) is 1. The third-order valence-electron chi connectivity index (χ3n) is 4.68. The Morgan fingerprint density at radius 2 is 1.84 bits per heavy atom. The predicted molar refractivity (Wildman–Crippen MR) is 93.7 cm³/mol. The topological polar surface area (TPSA) is 73.1 Å². The number of aromatic nitrogens is 4. The van der Waals surface area contributed by atoms with E-state index in [0.29, 0.717) is 24.8 Å². The van der Waals surface area contributed by atoms with Crippen LogP contribution in [0.1, 0.15) is 46.1 Å². The summed E-state index contributed by atoms with van der Waals surface area (Å²) in [5.41, 5.74) is 3.32. The minimum absolute atomic E-state index is 0.0651. The van der Waals surface area contributed by atoms with Crippen LogP contribution in [0, 0.1) is 27.7 Å². The molecule has 0 unspecified atom stereocenters. The lowest BCUT2D eigenvalue weighted by Gasteiger charge is -2.32. The van der Waals surface area contributed by atoms with Crippen molar-refractivity contribution >= 4 is 5.91 Å². The van der Waals surface area contributed by atoms with E-state index < -0.39 is 0 Å². The maximum atomic E-state index is 12.8. The summed E-state index contributed by atoms with van der Waals surface area (Å²) >= 11 is 0. The molecule has 1 fully saturated rings. The monoisotopic (exact) mass is 343 g/mol. The number of carbonyl (C=O) groups excluding carboxylic acids is 1. The van der Waals surface area contributed by atoms with Crippen LogP contribution in [0.15, 0.2) is 6.07 Å². The summed E-state index contributed by atoms with van der Waals surface area (Å²) in [4.78, 5) is 23.3. The van der Waals surface area contributed by atoms with Crippen molar-refractivity contribution in [2.75, 3.05) is 13.1 Å². The Kier molecular flexibility index (Phi) is 4.74. The zero-order valence-corrected chi connectivity index (χ0v) is 15.5. The van der Waals surface area contributed by atoms with Crippen molar-refractivity contribution in [3.05, 3.63) is 34.5 Å². The second-order valence-corrected chi connectivity index (χ2v) is 6.67. The van der Waals surface area contributed by atoms with Crippen LogP contribution < -0.4 is 4.74 Å². The van der Waals surface area contributed by atoms with Gasteiger partial charge >= 0.3 is 0 Å². The van der Waals surface area contributed by atoms with Crippen LogP contribution in [0.25, 0.3) is 0 Å². The molecule has 134 valence electrons. The van der Waals surface area contributed by atoms with Gasteiger partial charge in [0.25, 0.3) is 5.91 Å². The van der Waals surface area contributed by atoms with E-state index in [1.165, 1.54) is 0 Å². The lowest BCUT2D eigenvalue weighted by molar-refractivity contribution is 0.0586. The number of rotatable bonds is 3. The fourth-order valence-corrected chi connectivity index (χ4v) is 3.33. The molecule has 0 atom stereocenters. The lowest BCUT2D eigenvalue weighted by atomic mass is 10.1. The SMILES string of the molecule is Cc1cc(OC2CCN(C(=O)c3c(C)nn(C)c3C)CC2)nc(C)n1. The minimum atomic E-state index is 0.0651. The van der Waals surface area contributed by atoms with Gasteiger partial charge in [-0.1, -0.05) is 0 Å². The molecule has 1 amide bonds. The largest absolute Gasteiger partial charge is 0.474 e. The number of aryl methyl sites for hydroxylation is 4. The number of hydrogen-bond acceptors (Lipinski definition) is 5. The van der Waals surface area contributed by atoms with Gasteiger partial charge in [0.2, 0.25) is 5.88 Å². The first-order valence-corrected chi connectivity index (χ1v) is 8.63. The number of carbonyl (C=O) groups is 1. The first kappa shape index (κ1) is 17.4. The highest BCUT2D eigenvalue weighted by Gasteiger charge is 2.28.